The molecule has 1 aliphatic carbocycles. The second-order valence-corrected chi connectivity index (χ2v) is 10.7. The molecule has 5 nitrogen and oxygen atoms in total. The number of hydrogen-bond donors (Lipinski definition) is 1. The van der Waals surface area contributed by atoms with E-state index in [1.54, 1.807) is 16.2 Å². The number of amides is 2. The third-order valence-electron chi connectivity index (χ3n) is 7.31. The normalized spacial score (nSPS) is 19.5. The number of benzene rings is 1. The number of fused-ring (bicyclic) bond motifs is 3. The topological polar surface area (TPSA) is 54.3 Å². The lowest BCUT2D eigenvalue weighted by Gasteiger charge is -2.37. The van der Waals surface area contributed by atoms with E-state index in [9.17, 15) is 9.59 Å². The smallest absolute Gasteiger partial charge is 0.271 e. The number of carbonyl (C=O) groups excluding carboxylic acids is 2. The first-order valence-corrected chi connectivity index (χ1v) is 13.1. The zero-order valence-corrected chi connectivity index (χ0v) is 20.4. The molecule has 2 aliphatic rings. The van der Waals surface area contributed by atoms with Crippen LogP contribution in [-0.2, 0) is 24.3 Å². The minimum Gasteiger partial charge on any atom is -0.352 e. The van der Waals surface area contributed by atoms with Crippen molar-refractivity contribution in [3.63, 3.8) is 0 Å². The van der Waals surface area contributed by atoms with E-state index >= 15 is 0 Å². The van der Waals surface area contributed by atoms with Crippen molar-refractivity contribution in [2.24, 2.45) is 0 Å². The lowest BCUT2D eigenvalue weighted by atomic mass is 10.0. The van der Waals surface area contributed by atoms with Crippen LogP contribution < -0.4 is 5.32 Å². The van der Waals surface area contributed by atoms with Gasteiger partial charge in [-0.05, 0) is 49.4 Å². The van der Waals surface area contributed by atoms with Crippen molar-refractivity contribution >= 4 is 33.4 Å². The first-order chi connectivity index (χ1) is 16.0. The molecule has 174 valence electrons. The molecule has 3 aromatic rings. The molecule has 0 saturated heterocycles. The van der Waals surface area contributed by atoms with Gasteiger partial charge in [-0.2, -0.15) is 0 Å². The Morgan fingerprint density at radius 2 is 1.88 bits per heavy atom. The van der Waals surface area contributed by atoms with Crippen molar-refractivity contribution < 1.29 is 9.59 Å². The summed E-state index contributed by atoms with van der Waals surface area (Å²) in [4.78, 5) is 30.5. The zero-order valence-electron chi connectivity index (χ0n) is 19.6. The molecule has 1 aromatic carbocycles. The van der Waals surface area contributed by atoms with Gasteiger partial charge >= 0.3 is 0 Å². The van der Waals surface area contributed by atoms with Gasteiger partial charge in [0.2, 0.25) is 5.91 Å². The minimum atomic E-state index is -0.506. The Morgan fingerprint density at radius 3 is 2.61 bits per heavy atom. The summed E-state index contributed by atoms with van der Waals surface area (Å²) in [5.41, 5.74) is 4.02. The molecule has 1 aliphatic heterocycles. The Hall–Kier alpha value is -2.60. The molecule has 33 heavy (non-hydrogen) atoms. The van der Waals surface area contributed by atoms with Gasteiger partial charge in [-0.3, -0.25) is 9.59 Å². The molecule has 1 fully saturated rings. The lowest BCUT2D eigenvalue weighted by molar-refractivity contribution is -0.127. The molecule has 1 atom stereocenters. The first-order valence-electron chi connectivity index (χ1n) is 12.3. The van der Waals surface area contributed by atoms with Crippen LogP contribution >= 0.6 is 11.3 Å². The molecule has 2 amide bonds. The number of rotatable bonds is 5. The maximum Gasteiger partial charge on any atom is 0.271 e. The fraction of sp³-hybridized carbons (Fsp3) is 0.481. The van der Waals surface area contributed by atoms with Crippen LogP contribution in [0.25, 0.3) is 10.2 Å². The number of hydrogen-bond acceptors (Lipinski definition) is 3. The summed E-state index contributed by atoms with van der Waals surface area (Å²) in [6.45, 7) is 5.18. The Labute approximate surface area is 199 Å². The Balaban J connectivity index is 1.49. The van der Waals surface area contributed by atoms with E-state index in [1.807, 2.05) is 18.2 Å². The highest BCUT2D eigenvalue weighted by atomic mass is 32.1. The Kier molecular flexibility index (Phi) is 6.28. The van der Waals surface area contributed by atoms with Crippen molar-refractivity contribution in [3.8, 4) is 0 Å². The molecule has 0 spiro atoms. The standard InChI is InChI=1S/C27H33N3O2S/c1-3-21-14-22-25(33-21)15-23-27(32)30(16-19-11-9-8-10-18(19)2)24(17-29(22)23)26(31)28-20-12-6-4-5-7-13-20/h8-11,14-15,20,24H,3-7,12-13,16-17H2,1-2H3,(H,28,31). The fourth-order valence-corrected chi connectivity index (χ4v) is 6.34. The van der Waals surface area contributed by atoms with Crippen molar-refractivity contribution in [3.05, 3.63) is 58.1 Å². The van der Waals surface area contributed by atoms with Crippen molar-refractivity contribution in [1.29, 1.82) is 0 Å². The predicted molar refractivity (Wildman–Crippen MR) is 134 cm³/mol. The van der Waals surface area contributed by atoms with Crippen LogP contribution in [0.1, 0.15) is 71.9 Å². The average Bonchev–Trinajstić information content (AvgIpc) is 3.25. The highest BCUT2D eigenvalue weighted by Crippen LogP contribution is 2.34. The highest BCUT2D eigenvalue weighted by Gasteiger charge is 2.38. The van der Waals surface area contributed by atoms with Gasteiger partial charge < -0.3 is 14.8 Å². The molecule has 3 heterocycles. The summed E-state index contributed by atoms with van der Waals surface area (Å²) in [5.74, 6) is -0.0609. The lowest BCUT2D eigenvalue weighted by Crippen LogP contribution is -2.56. The van der Waals surface area contributed by atoms with Crippen LogP contribution in [0, 0.1) is 6.92 Å². The SMILES string of the molecule is CCc1cc2c(cc3n2CC(C(=O)NC2CCCCCC2)N(Cc2ccccc2C)C3=O)s1. The minimum absolute atomic E-state index is 0.0118. The van der Waals surface area contributed by atoms with Gasteiger partial charge in [0.1, 0.15) is 11.7 Å². The summed E-state index contributed by atoms with van der Waals surface area (Å²) >= 11 is 1.75. The van der Waals surface area contributed by atoms with Crippen LogP contribution in [0.3, 0.4) is 0 Å². The fourth-order valence-electron chi connectivity index (χ4n) is 5.30. The number of aromatic nitrogens is 1. The zero-order chi connectivity index (χ0) is 22.9. The van der Waals surface area contributed by atoms with E-state index in [1.165, 1.54) is 30.6 Å². The number of nitrogens with one attached hydrogen (secondary N) is 1. The van der Waals surface area contributed by atoms with E-state index in [2.05, 4.69) is 41.9 Å². The van der Waals surface area contributed by atoms with Crippen LogP contribution in [-0.4, -0.2) is 33.4 Å². The highest BCUT2D eigenvalue weighted by molar-refractivity contribution is 7.19. The number of aryl methyl sites for hydroxylation is 2. The van der Waals surface area contributed by atoms with Crippen LogP contribution in [0.15, 0.2) is 36.4 Å². The van der Waals surface area contributed by atoms with E-state index in [-0.39, 0.29) is 17.9 Å². The molecular formula is C27H33N3O2S. The number of carbonyl (C=O) groups is 2. The van der Waals surface area contributed by atoms with Gasteiger partial charge in [0.05, 0.1) is 16.8 Å². The predicted octanol–water partition coefficient (Wildman–Crippen LogP) is 5.44. The van der Waals surface area contributed by atoms with E-state index < -0.39 is 6.04 Å². The third-order valence-corrected chi connectivity index (χ3v) is 8.52. The second-order valence-electron chi connectivity index (χ2n) is 9.53. The molecule has 1 unspecified atom stereocenters. The van der Waals surface area contributed by atoms with Crippen LogP contribution in [0.5, 0.6) is 0 Å². The van der Waals surface area contributed by atoms with Crippen molar-refractivity contribution in [1.82, 2.24) is 14.8 Å². The monoisotopic (exact) mass is 463 g/mol. The van der Waals surface area contributed by atoms with Gasteiger partial charge in [-0.15, -0.1) is 11.3 Å². The first kappa shape index (κ1) is 22.2. The molecule has 0 radical (unpaired) electrons. The van der Waals surface area contributed by atoms with Crippen LogP contribution in [0.2, 0.25) is 0 Å². The van der Waals surface area contributed by atoms with Gasteiger partial charge in [0.15, 0.2) is 0 Å². The van der Waals surface area contributed by atoms with E-state index in [4.69, 9.17) is 0 Å². The summed E-state index contributed by atoms with van der Waals surface area (Å²) in [6.07, 6.45) is 7.87. The molecule has 6 heteroatoms. The van der Waals surface area contributed by atoms with E-state index in [0.29, 0.717) is 18.8 Å². The largest absolute Gasteiger partial charge is 0.352 e. The Morgan fingerprint density at radius 1 is 1.12 bits per heavy atom. The summed E-state index contributed by atoms with van der Waals surface area (Å²) < 4.78 is 3.22. The maximum atomic E-state index is 13.7. The number of thiophene rings is 1. The van der Waals surface area contributed by atoms with Gasteiger partial charge in [-0.1, -0.05) is 56.9 Å². The molecule has 5 rings (SSSR count). The van der Waals surface area contributed by atoms with Crippen molar-refractivity contribution in [2.75, 3.05) is 0 Å². The summed E-state index contributed by atoms with van der Waals surface area (Å²) in [7, 11) is 0. The second kappa shape index (κ2) is 9.34. The molecule has 0 bridgehead atoms. The third kappa shape index (κ3) is 4.33. The van der Waals surface area contributed by atoms with E-state index in [0.717, 1.165) is 40.6 Å². The number of nitrogens with zero attached hydrogens (tertiary/aromatic N) is 2. The summed E-state index contributed by atoms with van der Waals surface area (Å²) in [5, 5.41) is 3.32. The molecular weight excluding hydrogens is 430 g/mol. The maximum absolute atomic E-state index is 13.7. The average molecular weight is 464 g/mol. The summed E-state index contributed by atoms with van der Waals surface area (Å²) in [6, 6.07) is 12.1. The molecule has 2 aromatic heterocycles. The molecule has 1 N–H and O–H groups in total. The van der Waals surface area contributed by atoms with Gasteiger partial charge in [0.25, 0.3) is 5.91 Å². The quantitative estimate of drug-likeness (QED) is 0.513. The van der Waals surface area contributed by atoms with Gasteiger partial charge in [0, 0.05) is 17.5 Å². The molecule has 1 saturated carbocycles. The van der Waals surface area contributed by atoms with Crippen LogP contribution in [0.4, 0.5) is 0 Å². The Bertz CT molecular complexity index is 1170. The van der Waals surface area contributed by atoms with Crippen molar-refractivity contribution in [2.45, 2.75) is 84.0 Å². The van der Waals surface area contributed by atoms with Gasteiger partial charge in [-0.25, -0.2) is 0 Å².